The summed E-state index contributed by atoms with van der Waals surface area (Å²) in [5.74, 6) is 0.922. The summed E-state index contributed by atoms with van der Waals surface area (Å²) >= 11 is 0. The number of hydrogen-bond acceptors (Lipinski definition) is 2. The zero-order valence-electron chi connectivity index (χ0n) is 14.5. The molecule has 0 aliphatic heterocycles. The molecule has 0 heterocycles. The van der Waals surface area contributed by atoms with Crippen molar-refractivity contribution in [2.45, 2.75) is 19.3 Å². The summed E-state index contributed by atoms with van der Waals surface area (Å²) in [4.78, 5) is 0. The second kappa shape index (κ2) is 9.53. The van der Waals surface area contributed by atoms with E-state index in [0.717, 1.165) is 37.2 Å². The predicted octanol–water partition coefficient (Wildman–Crippen LogP) is 5.35. The molecule has 3 rings (SSSR count). The van der Waals surface area contributed by atoms with Crippen LogP contribution in [-0.2, 0) is 12.8 Å². The van der Waals surface area contributed by atoms with E-state index in [1.54, 1.807) is 0 Å². The minimum absolute atomic E-state index is 0.702. The van der Waals surface area contributed by atoms with Crippen LogP contribution in [0, 0.1) is 0 Å². The van der Waals surface area contributed by atoms with Crippen molar-refractivity contribution in [1.29, 1.82) is 0 Å². The van der Waals surface area contributed by atoms with E-state index >= 15 is 0 Å². The maximum absolute atomic E-state index is 5.82. The van der Waals surface area contributed by atoms with Gasteiger partial charge in [-0.25, -0.2) is 0 Å². The highest BCUT2D eigenvalue weighted by atomic mass is 16.5. The van der Waals surface area contributed by atoms with Gasteiger partial charge < -0.3 is 10.1 Å². The first-order valence-corrected chi connectivity index (χ1v) is 8.95. The van der Waals surface area contributed by atoms with Crippen LogP contribution in [0.4, 0.5) is 5.69 Å². The molecular weight excluding hydrogens is 306 g/mol. The minimum Gasteiger partial charge on any atom is -0.493 e. The lowest BCUT2D eigenvalue weighted by atomic mass is 10.1. The van der Waals surface area contributed by atoms with Gasteiger partial charge in [0.15, 0.2) is 0 Å². The molecule has 0 saturated carbocycles. The van der Waals surface area contributed by atoms with Gasteiger partial charge in [-0.1, -0.05) is 60.7 Å². The number of hydrogen-bond donors (Lipinski definition) is 1. The molecule has 1 N–H and O–H groups in total. The molecule has 0 amide bonds. The van der Waals surface area contributed by atoms with E-state index in [0.29, 0.717) is 6.61 Å². The molecule has 0 saturated heterocycles. The molecule has 0 aliphatic rings. The van der Waals surface area contributed by atoms with Crippen molar-refractivity contribution in [1.82, 2.24) is 0 Å². The van der Waals surface area contributed by atoms with Crippen LogP contribution in [-0.4, -0.2) is 13.2 Å². The van der Waals surface area contributed by atoms with Crippen LogP contribution in [0.2, 0.25) is 0 Å². The molecule has 0 unspecified atom stereocenters. The summed E-state index contributed by atoms with van der Waals surface area (Å²) in [6.07, 6.45) is 3.16. The van der Waals surface area contributed by atoms with Gasteiger partial charge >= 0.3 is 0 Å². The Bertz CT molecular complexity index is 723. The van der Waals surface area contributed by atoms with Gasteiger partial charge in [0.2, 0.25) is 0 Å². The minimum atomic E-state index is 0.702. The van der Waals surface area contributed by atoms with Gasteiger partial charge in [0.05, 0.1) is 6.61 Å². The van der Waals surface area contributed by atoms with Crippen LogP contribution in [0.1, 0.15) is 17.5 Å². The van der Waals surface area contributed by atoms with Gasteiger partial charge in [-0.05, 0) is 48.2 Å². The third-order valence-electron chi connectivity index (χ3n) is 4.17. The largest absolute Gasteiger partial charge is 0.493 e. The van der Waals surface area contributed by atoms with Crippen LogP contribution in [0.5, 0.6) is 5.75 Å². The Hall–Kier alpha value is -2.74. The van der Waals surface area contributed by atoms with Crippen LogP contribution in [0.25, 0.3) is 0 Å². The molecule has 0 aromatic heterocycles. The Morgan fingerprint density at radius 1 is 0.640 bits per heavy atom. The summed E-state index contributed by atoms with van der Waals surface area (Å²) in [7, 11) is 0. The van der Waals surface area contributed by atoms with Gasteiger partial charge in [-0.2, -0.15) is 0 Å². The molecular formula is C23H25NO. The fraction of sp³-hybridized carbons (Fsp3) is 0.217. The molecule has 25 heavy (non-hydrogen) atoms. The molecule has 128 valence electrons. The number of aryl methyl sites for hydroxylation is 1. The molecule has 0 spiro atoms. The average Bonchev–Trinajstić information content (AvgIpc) is 2.68. The highest BCUT2D eigenvalue weighted by molar-refractivity contribution is 5.46. The zero-order valence-corrected chi connectivity index (χ0v) is 14.5. The van der Waals surface area contributed by atoms with Crippen molar-refractivity contribution >= 4 is 5.69 Å². The molecule has 2 nitrogen and oxygen atoms in total. The Morgan fingerprint density at radius 3 is 1.88 bits per heavy atom. The fourth-order valence-electron chi connectivity index (χ4n) is 2.77. The van der Waals surface area contributed by atoms with Crippen LogP contribution in [0.3, 0.4) is 0 Å². The molecule has 0 aliphatic carbocycles. The van der Waals surface area contributed by atoms with E-state index < -0.39 is 0 Å². The zero-order chi connectivity index (χ0) is 17.2. The summed E-state index contributed by atoms with van der Waals surface area (Å²) in [5, 5.41) is 3.47. The monoisotopic (exact) mass is 331 g/mol. The highest BCUT2D eigenvalue weighted by Crippen LogP contribution is 2.16. The Labute approximate surface area is 150 Å². The van der Waals surface area contributed by atoms with E-state index in [2.05, 4.69) is 72.0 Å². The summed E-state index contributed by atoms with van der Waals surface area (Å²) in [6.45, 7) is 1.68. The van der Waals surface area contributed by atoms with Crippen molar-refractivity contribution in [2.75, 3.05) is 18.5 Å². The number of ether oxygens (including phenoxy) is 1. The smallest absolute Gasteiger partial charge is 0.119 e. The van der Waals surface area contributed by atoms with Crippen molar-refractivity contribution in [3.05, 3.63) is 96.1 Å². The summed E-state index contributed by atoms with van der Waals surface area (Å²) < 4.78 is 5.82. The van der Waals surface area contributed by atoms with E-state index in [9.17, 15) is 0 Å². The second-order valence-electron chi connectivity index (χ2n) is 6.12. The first kappa shape index (κ1) is 17.1. The lowest BCUT2D eigenvalue weighted by Crippen LogP contribution is -2.03. The first-order chi connectivity index (χ1) is 12.4. The SMILES string of the molecule is c1ccc(CCCNc2ccc(OCCc3ccccc3)cc2)cc1. The molecule has 0 bridgehead atoms. The standard InChI is InChI=1S/C23H25NO/c1-3-8-20(9-4-1)12-7-18-24-22-13-15-23(16-14-22)25-19-17-21-10-5-2-6-11-21/h1-6,8-11,13-16,24H,7,12,17-19H2. The third kappa shape index (κ3) is 6.00. The number of nitrogens with one attached hydrogen (secondary N) is 1. The maximum atomic E-state index is 5.82. The predicted molar refractivity (Wildman–Crippen MR) is 105 cm³/mol. The lowest BCUT2D eigenvalue weighted by molar-refractivity contribution is 0.322. The molecule has 0 radical (unpaired) electrons. The Morgan fingerprint density at radius 2 is 1.24 bits per heavy atom. The fourth-order valence-corrected chi connectivity index (χ4v) is 2.77. The Balaban J connectivity index is 1.35. The molecule has 3 aromatic rings. The van der Waals surface area contributed by atoms with Gasteiger partial charge in [-0.15, -0.1) is 0 Å². The summed E-state index contributed by atoms with van der Waals surface area (Å²) in [6, 6.07) is 29.3. The molecule has 0 atom stereocenters. The van der Waals surface area contributed by atoms with E-state index in [1.165, 1.54) is 11.1 Å². The average molecular weight is 331 g/mol. The topological polar surface area (TPSA) is 21.3 Å². The number of anilines is 1. The lowest BCUT2D eigenvalue weighted by Gasteiger charge is -2.09. The maximum Gasteiger partial charge on any atom is 0.119 e. The first-order valence-electron chi connectivity index (χ1n) is 8.95. The second-order valence-corrected chi connectivity index (χ2v) is 6.12. The van der Waals surface area contributed by atoms with Crippen molar-refractivity contribution in [3.63, 3.8) is 0 Å². The number of rotatable bonds is 9. The van der Waals surface area contributed by atoms with Crippen LogP contribution in [0.15, 0.2) is 84.9 Å². The molecule has 0 fully saturated rings. The van der Waals surface area contributed by atoms with Gasteiger partial charge in [0.25, 0.3) is 0 Å². The van der Waals surface area contributed by atoms with Gasteiger partial charge in [0, 0.05) is 18.7 Å². The Kier molecular flexibility index (Phi) is 6.52. The van der Waals surface area contributed by atoms with Gasteiger partial charge in [0.1, 0.15) is 5.75 Å². The van der Waals surface area contributed by atoms with Crippen LogP contribution < -0.4 is 10.1 Å². The van der Waals surface area contributed by atoms with E-state index in [-0.39, 0.29) is 0 Å². The number of benzene rings is 3. The van der Waals surface area contributed by atoms with Crippen molar-refractivity contribution in [3.8, 4) is 5.75 Å². The highest BCUT2D eigenvalue weighted by Gasteiger charge is 1.97. The molecule has 2 heteroatoms. The molecule has 3 aromatic carbocycles. The van der Waals surface area contributed by atoms with E-state index in [4.69, 9.17) is 4.74 Å². The van der Waals surface area contributed by atoms with Crippen LogP contribution >= 0.6 is 0 Å². The van der Waals surface area contributed by atoms with Crippen molar-refractivity contribution in [2.24, 2.45) is 0 Å². The van der Waals surface area contributed by atoms with E-state index in [1.807, 2.05) is 18.2 Å². The van der Waals surface area contributed by atoms with Crippen molar-refractivity contribution < 1.29 is 4.74 Å². The summed E-state index contributed by atoms with van der Waals surface area (Å²) in [5.41, 5.74) is 3.84. The van der Waals surface area contributed by atoms with Gasteiger partial charge in [-0.3, -0.25) is 0 Å². The third-order valence-corrected chi connectivity index (χ3v) is 4.17. The normalized spacial score (nSPS) is 10.4. The quantitative estimate of drug-likeness (QED) is 0.533.